The second kappa shape index (κ2) is 3.61. The van der Waals surface area contributed by atoms with Crippen LogP contribution >= 0.6 is 15.9 Å². The molecule has 12 heavy (non-hydrogen) atoms. The SMILES string of the molecule is Cc1cc(Br)cc(C)c1N=[N+]=[N-]. The van der Waals surface area contributed by atoms with E-state index in [0.717, 1.165) is 21.3 Å². The first-order valence-electron chi connectivity index (χ1n) is 3.47. The number of aryl methyl sites for hydroxylation is 2. The van der Waals surface area contributed by atoms with Gasteiger partial charge in [0.15, 0.2) is 0 Å². The lowest BCUT2D eigenvalue weighted by Gasteiger charge is -2.03. The summed E-state index contributed by atoms with van der Waals surface area (Å²) in [5, 5.41) is 3.61. The van der Waals surface area contributed by atoms with Crippen molar-refractivity contribution in [1.29, 1.82) is 0 Å². The van der Waals surface area contributed by atoms with Gasteiger partial charge in [0, 0.05) is 15.1 Å². The van der Waals surface area contributed by atoms with E-state index in [9.17, 15) is 0 Å². The molecule has 1 aromatic carbocycles. The zero-order chi connectivity index (χ0) is 9.14. The predicted molar refractivity (Wildman–Crippen MR) is 52.4 cm³/mol. The average molecular weight is 226 g/mol. The van der Waals surface area contributed by atoms with Crippen molar-refractivity contribution in [2.45, 2.75) is 13.8 Å². The average Bonchev–Trinajstić information content (AvgIpc) is 1.96. The minimum absolute atomic E-state index is 0.723. The standard InChI is InChI=1S/C8H8BrN3/c1-5-3-7(9)4-6(2)8(5)11-12-10/h3-4H,1-2H3. The van der Waals surface area contributed by atoms with Gasteiger partial charge in [-0.2, -0.15) is 0 Å². The molecule has 3 nitrogen and oxygen atoms in total. The Morgan fingerprint density at radius 2 is 1.83 bits per heavy atom. The van der Waals surface area contributed by atoms with Crippen LogP contribution in [-0.4, -0.2) is 0 Å². The van der Waals surface area contributed by atoms with Crippen molar-refractivity contribution in [3.05, 3.63) is 38.2 Å². The fourth-order valence-corrected chi connectivity index (χ4v) is 1.79. The van der Waals surface area contributed by atoms with Crippen molar-refractivity contribution < 1.29 is 0 Å². The van der Waals surface area contributed by atoms with E-state index in [2.05, 4.69) is 26.0 Å². The van der Waals surface area contributed by atoms with E-state index in [1.807, 2.05) is 26.0 Å². The number of azide groups is 1. The Kier molecular flexibility index (Phi) is 2.74. The molecule has 0 atom stereocenters. The molecule has 0 radical (unpaired) electrons. The first kappa shape index (κ1) is 9.10. The summed E-state index contributed by atoms with van der Waals surface area (Å²) >= 11 is 3.36. The van der Waals surface area contributed by atoms with Gasteiger partial charge >= 0.3 is 0 Å². The van der Waals surface area contributed by atoms with Crippen LogP contribution in [0.4, 0.5) is 5.69 Å². The van der Waals surface area contributed by atoms with E-state index in [0.29, 0.717) is 0 Å². The highest BCUT2D eigenvalue weighted by Crippen LogP contribution is 2.27. The first-order chi connectivity index (χ1) is 5.65. The Morgan fingerprint density at radius 1 is 1.33 bits per heavy atom. The molecule has 62 valence electrons. The third kappa shape index (κ3) is 1.78. The fourth-order valence-electron chi connectivity index (χ4n) is 1.11. The quantitative estimate of drug-likeness (QED) is 0.394. The van der Waals surface area contributed by atoms with E-state index in [1.165, 1.54) is 0 Å². The summed E-state index contributed by atoms with van der Waals surface area (Å²) in [7, 11) is 0. The predicted octanol–water partition coefficient (Wildman–Crippen LogP) is 4.01. The zero-order valence-electron chi connectivity index (χ0n) is 6.87. The molecule has 0 heterocycles. The molecular weight excluding hydrogens is 218 g/mol. The van der Waals surface area contributed by atoms with Crippen LogP contribution in [0.1, 0.15) is 11.1 Å². The Hall–Kier alpha value is -0.990. The third-order valence-corrected chi connectivity index (χ3v) is 2.06. The third-order valence-electron chi connectivity index (χ3n) is 1.60. The molecule has 0 aliphatic rings. The Morgan fingerprint density at radius 3 is 2.25 bits per heavy atom. The second-order valence-electron chi connectivity index (χ2n) is 2.58. The highest BCUT2D eigenvalue weighted by atomic mass is 79.9. The highest BCUT2D eigenvalue weighted by molar-refractivity contribution is 9.10. The van der Waals surface area contributed by atoms with Gasteiger partial charge in [0.25, 0.3) is 0 Å². The molecule has 0 saturated heterocycles. The zero-order valence-corrected chi connectivity index (χ0v) is 8.46. The second-order valence-corrected chi connectivity index (χ2v) is 3.49. The topological polar surface area (TPSA) is 48.8 Å². The van der Waals surface area contributed by atoms with E-state index in [1.54, 1.807) is 0 Å². The van der Waals surface area contributed by atoms with E-state index >= 15 is 0 Å². The lowest BCUT2D eigenvalue weighted by molar-refractivity contribution is 1.30. The number of rotatable bonds is 1. The normalized spacial score (nSPS) is 9.25. The van der Waals surface area contributed by atoms with Gasteiger partial charge in [-0.15, -0.1) is 0 Å². The fraction of sp³-hybridized carbons (Fsp3) is 0.250. The molecule has 0 fully saturated rings. The molecule has 4 heteroatoms. The van der Waals surface area contributed by atoms with Crippen LogP contribution in [0.5, 0.6) is 0 Å². The van der Waals surface area contributed by atoms with Gasteiger partial charge in [-0.05, 0) is 42.6 Å². The summed E-state index contributed by atoms with van der Waals surface area (Å²) < 4.78 is 1.01. The molecular formula is C8H8BrN3. The van der Waals surface area contributed by atoms with Gasteiger partial charge in [0.05, 0.1) is 0 Å². The first-order valence-corrected chi connectivity index (χ1v) is 4.26. The van der Waals surface area contributed by atoms with Crippen LogP contribution < -0.4 is 0 Å². The molecule has 0 unspecified atom stereocenters. The van der Waals surface area contributed by atoms with Gasteiger partial charge in [0.2, 0.25) is 0 Å². The largest absolute Gasteiger partial charge is 0.0602 e. The van der Waals surface area contributed by atoms with E-state index in [-0.39, 0.29) is 0 Å². The van der Waals surface area contributed by atoms with E-state index < -0.39 is 0 Å². The Balaban J connectivity index is 3.37. The van der Waals surface area contributed by atoms with Crippen LogP contribution in [-0.2, 0) is 0 Å². The summed E-state index contributed by atoms with van der Waals surface area (Å²) in [5.74, 6) is 0. The van der Waals surface area contributed by atoms with Crippen molar-refractivity contribution in [1.82, 2.24) is 0 Å². The molecule has 0 aliphatic carbocycles. The molecule has 1 rings (SSSR count). The molecule has 0 aliphatic heterocycles. The summed E-state index contributed by atoms with van der Waals surface area (Å²) in [6, 6.07) is 3.86. The van der Waals surface area contributed by atoms with Gasteiger partial charge in [-0.3, -0.25) is 0 Å². The van der Waals surface area contributed by atoms with Crippen molar-refractivity contribution >= 4 is 21.6 Å². The maximum atomic E-state index is 8.28. The van der Waals surface area contributed by atoms with Crippen molar-refractivity contribution in [2.75, 3.05) is 0 Å². The summed E-state index contributed by atoms with van der Waals surface area (Å²) in [4.78, 5) is 2.77. The maximum absolute atomic E-state index is 8.28. The monoisotopic (exact) mass is 225 g/mol. The summed E-state index contributed by atoms with van der Waals surface area (Å²) in [6.45, 7) is 3.84. The summed E-state index contributed by atoms with van der Waals surface area (Å²) in [5.41, 5.74) is 11.0. The molecule has 0 aromatic heterocycles. The minimum Gasteiger partial charge on any atom is -0.0602 e. The number of hydrogen-bond acceptors (Lipinski definition) is 1. The highest BCUT2D eigenvalue weighted by Gasteiger charge is 2.00. The van der Waals surface area contributed by atoms with Gasteiger partial charge < -0.3 is 0 Å². The Labute approximate surface area is 79.2 Å². The van der Waals surface area contributed by atoms with Crippen LogP contribution in [0.3, 0.4) is 0 Å². The van der Waals surface area contributed by atoms with Crippen LogP contribution in [0, 0.1) is 13.8 Å². The number of halogens is 1. The molecule has 0 amide bonds. The maximum Gasteiger partial charge on any atom is 0.0434 e. The molecule has 0 bridgehead atoms. The van der Waals surface area contributed by atoms with Gasteiger partial charge in [-0.1, -0.05) is 21.0 Å². The lowest BCUT2D eigenvalue weighted by atomic mass is 10.1. The Bertz CT molecular complexity index is 330. The van der Waals surface area contributed by atoms with Crippen molar-refractivity contribution in [3.63, 3.8) is 0 Å². The molecule has 0 N–H and O–H groups in total. The molecule has 0 saturated carbocycles. The van der Waals surface area contributed by atoms with Crippen LogP contribution in [0.15, 0.2) is 21.7 Å². The minimum atomic E-state index is 0.723. The van der Waals surface area contributed by atoms with Crippen LogP contribution in [0.25, 0.3) is 10.4 Å². The molecule has 0 spiro atoms. The van der Waals surface area contributed by atoms with Gasteiger partial charge in [0.1, 0.15) is 0 Å². The lowest BCUT2D eigenvalue weighted by Crippen LogP contribution is -1.79. The van der Waals surface area contributed by atoms with Crippen LogP contribution in [0.2, 0.25) is 0 Å². The smallest absolute Gasteiger partial charge is 0.0434 e. The van der Waals surface area contributed by atoms with E-state index in [4.69, 9.17) is 5.53 Å². The van der Waals surface area contributed by atoms with Crippen molar-refractivity contribution in [2.24, 2.45) is 5.11 Å². The van der Waals surface area contributed by atoms with Gasteiger partial charge in [-0.25, -0.2) is 0 Å². The van der Waals surface area contributed by atoms with Crippen molar-refractivity contribution in [3.8, 4) is 0 Å². The molecule has 1 aromatic rings. The summed E-state index contributed by atoms with van der Waals surface area (Å²) in [6.07, 6.45) is 0. The number of benzene rings is 1. The number of nitrogens with zero attached hydrogens (tertiary/aromatic N) is 3. The number of hydrogen-bond donors (Lipinski definition) is 0.